The third-order valence-corrected chi connectivity index (χ3v) is 2.59. The molecule has 66 valence electrons. The molecule has 3 nitrogen and oxygen atoms in total. The number of aliphatic hydroxyl groups is 1. The summed E-state index contributed by atoms with van der Waals surface area (Å²) in [6.45, 7) is 3.59. The van der Waals surface area contributed by atoms with Crippen LogP contribution in [0.25, 0.3) is 0 Å². The van der Waals surface area contributed by atoms with Gasteiger partial charge in [0.25, 0.3) is 0 Å². The molecule has 0 aliphatic carbocycles. The second kappa shape index (κ2) is 1.98. The van der Waals surface area contributed by atoms with Gasteiger partial charge in [-0.25, -0.2) is 0 Å². The zero-order chi connectivity index (χ0) is 8.98. The Labute approximate surface area is 71.0 Å². The molecule has 3 heteroatoms. The van der Waals surface area contributed by atoms with E-state index in [4.69, 9.17) is 4.74 Å². The molecule has 2 heterocycles. The van der Waals surface area contributed by atoms with Crippen molar-refractivity contribution in [2.45, 2.75) is 37.6 Å². The lowest BCUT2D eigenvalue weighted by Gasteiger charge is -2.38. The lowest BCUT2D eigenvalue weighted by Crippen LogP contribution is -2.53. The molecule has 0 aromatic carbocycles. The minimum atomic E-state index is -0.996. The molecule has 1 fully saturated rings. The van der Waals surface area contributed by atoms with Crippen molar-refractivity contribution < 1.29 is 14.6 Å². The van der Waals surface area contributed by atoms with Crippen molar-refractivity contribution in [1.29, 1.82) is 0 Å². The van der Waals surface area contributed by atoms with Crippen molar-refractivity contribution >= 4 is 5.78 Å². The normalized spacial score (nSPS) is 51.6. The molecule has 0 amide bonds. The average molecular weight is 168 g/mol. The van der Waals surface area contributed by atoms with Crippen LogP contribution in [0.4, 0.5) is 0 Å². The van der Waals surface area contributed by atoms with Gasteiger partial charge in [0.2, 0.25) is 0 Å². The summed E-state index contributed by atoms with van der Waals surface area (Å²) in [5, 5.41) is 9.51. The van der Waals surface area contributed by atoms with Gasteiger partial charge >= 0.3 is 0 Å². The predicted molar refractivity (Wildman–Crippen MR) is 42.7 cm³/mol. The minimum Gasteiger partial charge on any atom is -0.382 e. The molecule has 0 aromatic heterocycles. The molecule has 2 aliphatic heterocycles. The Morgan fingerprint density at radius 3 is 2.92 bits per heavy atom. The molecule has 12 heavy (non-hydrogen) atoms. The number of Topliss-reactive ketones (excluding diaryl/α,β-unsaturated/α-hetero) is 1. The third kappa shape index (κ3) is 0.867. The van der Waals surface area contributed by atoms with Crippen molar-refractivity contribution in [3.63, 3.8) is 0 Å². The highest BCUT2D eigenvalue weighted by Gasteiger charge is 2.52. The van der Waals surface area contributed by atoms with Crippen LogP contribution in [-0.2, 0) is 9.53 Å². The Bertz CT molecular complexity index is 271. The summed E-state index contributed by atoms with van der Waals surface area (Å²) in [4.78, 5) is 11.3. The van der Waals surface area contributed by atoms with Crippen LogP contribution in [0.15, 0.2) is 12.2 Å². The van der Waals surface area contributed by atoms with E-state index in [1.807, 2.05) is 13.0 Å². The summed E-state index contributed by atoms with van der Waals surface area (Å²) in [6, 6.07) is 0. The lowest BCUT2D eigenvalue weighted by atomic mass is 9.90. The molecule has 1 saturated heterocycles. The highest BCUT2D eigenvalue weighted by Crippen LogP contribution is 2.40. The highest BCUT2D eigenvalue weighted by molar-refractivity contribution is 5.87. The summed E-state index contributed by atoms with van der Waals surface area (Å²) < 4.78 is 5.57. The Morgan fingerprint density at radius 1 is 1.58 bits per heavy atom. The van der Waals surface area contributed by atoms with E-state index in [1.165, 1.54) is 0 Å². The summed E-state index contributed by atoms with van der Waals surface area (Å²) in [7, 11) is 0. The van der Waals surface area contributed by atoms with E-state index in [0.717, 1.165) is 0 Å². The first kappa shape index (κ1) is 7.95. The van der Waals surface area contributed by atoms with Gasteiger partial charge in [0.15, 0.2) is 5.78 Å². The largest absolute Gasteiger partial charge is 0.382 e. The maximum absolute atomic E-state index is 11.3. The third-order valence-electron chi connectivity index (χ3n) is 2.59. The quantitative estimate of drug-likeness (QED) is 0.533. The molecule has 0 spiro atoms. The molecule has 1 N–H and O–H groups in total. The standard InChI is InChI=1S/C9H12O3/c1-8-3-4-9(2,12-8)7(11)6(10)5-8/h3-4,7,11H,5H2,1-2H3. The average Bonchev–Trinajstić information content (AvgIpc) is 2.22. The molecule has 2 rings (SSSR count). The molecule has 0 radical (unpaired) electrons. The molecule has 3 unspecified atom stereocenters. The molecule has 3 atom stereocenters. The number of carbonyl (C=O) groups excluding carboxylic acids is 1. The van der Waals surface area contributed by atoms with Gasteiger partial charge in [0, 0.05) is 6.42 Å². The highest BCUT2D eigenvalue weighted by atomic mass is 16.5. The summed E-state index contributed by atoms with van der Waals surface area (Å²) in [6.07, 6.45) is 2.92. The van der Waals surface area contributed by atoms with Crippen molar-refractivity contribution in [3.8, 4) is 0 Å². The van der Waals surface area contributed by atoms with Crippen LogP contribution in [0.2, 0.25) is 0 Å². The van der Waals surface area contributed by atoms with Crippen molar-refractivity contribution in [2.24, 2.45) is 0 Å². The number of hydrogen-bond acceptors (Lipinski definition) is 3. The van der Waals surface area contributed by atoms with Gasteiger partial charge in [-0.1, -0.05) is 12.2 Å². The first-order valence-electron chi connectivity index (χ1n) is 4.07. The van der Waals surface area contributed by atoms with Crippen LogP contribution in [0.3, 0.4) is 0 Å². The maximum Gasteiger partial charge on any atom is 0.167 e. The SMILES string of the molecule is CC12C=CC(C)(O1)C(O)C(=O)C2. The van der Waals surface area contributed by atoms with Gasteiger partial charge in [-0.05, 0) is 13.8 Å². The van der Waals surface area contributed by atoms with Crippen LogP contribution in [0, 0.1) is 0 Å². The van der Waals surface area contributed by atoms with E-state index in [9.17, 15) is 9.90 Å². The molecule has 2 aliphatic rings. The van der Waals surface area contributed by atoms with Crippen LogP contribution in [0.5, 0.6) is 0 Å². The van der Waals surface area contributed by atoms with E-state index in [1.54, 1.807) is 13.0 Å². The Hall–Kier alpha value is -0.670. The molecular weight excluding hydrogens is 156 g/mol. The van der Waals surface area contributed by atoms with Crippen LogP contribution < -0.4 is 0 Å². The van der Waals surface area contributed by atoms with Gasteiger partial charge in [0.05, 0.1) is 5.60 Å². The minimum absolute atomic E-state index is 0.128. The number of fused-ring (bicyclic) bond motifs is 2. The van der Waals surface area contributed by atoms with Gasteiger partial charge in [-0.3, -0.25) is 4.79 Å². The molecule has 2 bridgehead atoms. The second-order valence-electron chi connectivity index (χ2n) is 3.98. The van der Waals surface area contributed by atoms with E-state index >= 15 is 0 Å². The fraction of sp³-hybridized carbons (Fsp3) is 0.667. The zero-order valence-corrected chi connectivity index (χ0v) is 7.20. The number of carbonyl (C=O) groups is 1. The molecule has 0 saturated carbocycles. The van der Waals surface area contributed by atoms with Crippen LogP contribution in [-0.4, -0.2) is 28.2 Å². The van der Waals surface area contributed by atoms with Gasteiger partial charge in [0.1, 0.15) is 11.7 Å². The second-order valence-corrected chi connectivity index (χ2v) is 3.98. The predicted octanol–water partition coefficient (Wildman–Crippen LogP) is 0.424. The van der Waals surface area contributed by atoms with E-state index in [0.29, 0.717) is 0 Å². The monoisotopic (exact) mass is 168 g/mol. The lowest BCUT2D eigenvalue weighted by molar-refractivity contribution is -0.177. The van der Waals surface area contributed by atoms with Crippen LogP contribution >= 0.6 is 0 Å². The summed E-state index contributed by atoms with van der Waals surface area (Å²) >= 11 is 0. The number of aliphatic hydroxyl groups excluding tert-OH is 1. The zero-order valence-electron chi connectivity index (χ0n) is 7.20. The Kier molecular flexibility index (Phi) is 1.31. The fourth-order valence-corrected chi connectivity index (χ4v) is 1.92. The summed E-state index contributed by atoms with van der Waals surface area (Å²) in [5.74, 6) is -0.128. The van der Waals surface area contributed by atoms with Crippen molar-refractivity contribution in [1.82, 2.24) is 0 Å². The Morgan fingerprint density at radius 2 is 2.25 bits per heavy atom. The van der Waals surface area contributed by atoms with Crippen LogP contribution in [0.1, 0.15) is 20.3 Å². The topological polar surface area (TPSA) is 46.5 Å². The van der Waals surface area contributed by atoms with E-state index < -0.39 is 17.3 Å². The number of ether oxygens (including phenoxy) is 1. The fourth-order valence-electron chi connectivity index (χ4n) is 1.92. The van der Waals surface area contributed by atoms with Crippen molar-refractivity contribution in [3.05, 3.63) is 12.2 Å². The van der Waals surface area contributed by atoms with Gasteiger partial charge < -0.3 is 9.84 Å². The molecular formula is C9H12O3. The van der Waals surface area contributed by atoms with Crippen molar-refractivity contribution in [2.75, 3.05) is 0 Å². The first-order valence-corrected chi connectivity index (χ1v) is 4.07. The smallest absolute Gasteiger partial charge is 0.167 e. The first-order chi connectivity index (χ1) is 5.45. The maximum atomic E-state index is 11.3. The van der Waals surface area contributed by atoms with Gasteiger partial charge in [-0.15, -0.1) is 0 Å². The molecule has 0 aromatic rings. The Balaban J connectivity index is 2.40. The van der Waals surface area contributed by atoms with E-state index in [-0.39, 0.29) is 12.2 Å². The number of rotatable bonds is 0. The van der Waals surface area contributed by atoms with Gasteiger partial charge in [-0.2, -0.15) is 0 Å². The number of ketones is 1. The van der Waals surface area contributed by atoms with E-state index in [2.05, 4.69) is 0 Å². The number of hydrogen-bond donors (Lipinski definition) is 1. The summed E-state index contributed by atoms with van der Waals surface area (Å²) in [5.41, 5.74) is -1.27.